The molecule has 0 spiro atoms. The van der Waals surface area contributed by atoms with E-state index in [1.807, 2.05) is 17.5 Å². The molecule has 3 heterocycles. The topological polar surface area (TPSA) is 63.4 Å². The summed E-state index contributed by atoms with van der Waals surface area (Å²) in [4.78, 5) is 11.5. The zero-order chi connectivity index (χ0) is 18.1. The van der Waals surface area contributed by atoms with Crippen LogP contribution in [-0.4, -0.2) is 42.3 Å². The number of hydrogen-bond acceptors (Lipinski definition) is 7. The summed E-state index contributed by atoms with van der Waals surface area (Å²) in [6.45, 7) is 6.22. The lowest BCUT2D eigenvalue weighted by Gasteiger charge is -2.37. The fourth-order valence-electron chi connectivity index (χ4n) is 3.49. The van der Waals surface area contributed by atoms with E-state index in [2.05, 4.69) is 29.0 Å². The molecule has 2 aromatic heterocycles. The predicted octanol–water partition coefficient (Wildman–Crippen LogP) is 3.93. The van der Waals surface area contributed by atoms with Gasteiger partial charge in [-0.25, -0.2) is 4.98 Å². The number of piperazine rings is 1. The second-order valence-electron chi connectivity index (χ2n) is 6.61. The van der Waals surface area contributed by atoms with Crippen LogP contribution in [0.5, 0.6) is 5.75 Å². The number of ether oxygens (including phenoxy) is 1. The average Bonchev–Trinajstić information content (AvgIpc) is 3.36. The minimum absolute atomic E-state index is 0.448. The molecular formula is C19H24N4O2S. The SMILES string of the molecule is CCC1CN(c2nc3c(OC)ccc(-c4nccs4)c3o2)CC(CC)N1. The number of nitrogens with one attached hydrogen (secondary N) is 1. The Kier molecular flexibility index (Phi) is 4.82. The highest BCUT2D eigenvalue weighted by molar-refractivity contribution is 7.13. The highest BCUT2D eigenvalue weighted by Crippen LogP contribution is 2.37. The molecule has 0 amide bonds. The minimum atomic E-state index is 0.448. The molecule has 6 nitrogen and oxygen atoms in total. The largest absolute Gasteiger partial charge is 0.494 e. The molecule has 2 atom stereocenters. The molecule has 7 heteroatoms. The molecule has 1 aliphatic rings. The Bertz CT molecular complexity index is 865. The molecule has 26 heavy (non-hydrogen) atoms. The van der Waals surface area contributed by atoms with Crippen molar-refractivity contribution < 1.29 is 9.15 Å². The van der Waals surface area contributed by atoms with Crippen molar-refractivity contribution in [2.75, 3.05) is 25.1 Å². The second kappa shape index (κ2) is 7.25. The summed E-state index contributed by atoms with van der Waals surface area (Å²) in [5, 5.41) is 6.60. The molecule has 1 N–H and O–H groups in total. The van der Waals surface area contributed by atoms with E-state index in [1.54, 1.807) is 24.6 Å². The lowest BCUT2D eigenvalue weighted by Crippen LogP contribution is -2.56. The summed E-state index contributed by atoms with van der Waals surface area (Å²) in [7, 11) is 1.66. The van der Waals surface area contributed by atoms with Crippen LogP contribution >= 0.6 is 11.3 Å². The van der Waals surface area contributed by atoms with Gasteiger partial charge >= 0.3 is 0 Å². The van der Waals surface area contributed by atoms with Crippen molar-refractivity contribution in [1.82, 2.24) is 15.3 Å². The Labute approximate surface area is 157 Å². The Morgan fingerprint density at radius 1 is 1.27 bits per heavy atom. The molecule has 3 aromatic rings. The zero-order valence-corrected chi connectivity index (χ0v) is 16.2. The maximum absolute atomic E-state index is 6.26. The number of benzene rings is 1. The second-order valence-corrected chi connectivity index (χ2v) is 7.50. The van der Waals surface area contributed by atoms with Crippen LogP contribution in [0.3, 0.4) is 0 Å². The molecule has 0 radical (unpaired) electrons. The van der Waals surface area contributed by atoms with Gasteiger partial charge in [0.1, 0.15) is 10.8 Å². The van der Waals surface area contributed by atoms with Crippen molar-refractivity contribution in [2.24, 2.45) is 0 Å². The molecule has 1 aromatic carbocycles. The van der Waals surface area contributed by atoms with E-state index in [-0.39, 0.29) is 0 Å². The number of fused-ring (bicyclic) bond motifs is 1. The standard InChI is InChI=1S/C19H24N4O2S/c1-4-12-10-23(11-13(5-2)21-12)19-22-16-15(24-3)7-6-14(17(16)25-19)18-20-8-9-26-18/h6-9,12-13,21H,4-5,10-11H2,1-3H3. The van der Waals surface area contributed by atoms with Crippen molar-refractivity contribution >= 4 is 28.5 Å². The van der Waals surface area contributed by atoms with Gasteiger partial charge in [0.15, 0.2) is 11.1 Å². The van der Waals surface area contributed by atoms with Crippen LogP contribution in [0.2, 0.25) is 0 Å². The summed E-state index contributed by atoms with van der Waals surface area (Å²) in [6, 6.07) is 5.50. The third-order valence-electron chi connectivity index (χ3n) is 4.99. The van der Waals surface area contributed by atoms with Crippen molar-refractivity contribution in [3.8, 4) is 16.3 Å². The summed E-state index contributed by atoms with van der Waals surface area (Å²) in [5.41, 5.74) is 2.47. The van der Waals surface area contributed by atoms with E-state index in [0.29, 0.717) is 18.1 Å². The monoisotopic (exact) mass is 372 g/mol. The highest BCUT2D eigenvalue weighted by atomic mass is 32.1. The zero-order valence-electron chi connectivity index (χ0n) is 15.4. The molecular weight excluding hydrogens is 348 g/mol. The lowest BCUT2D eigenvalue weighted by atomic mass is 10.1. The van der Waals surface area contributed by atoms with E-state index in [4.69, 9.17) is 14.1 Å². The first-order valence-corrected chi connectivity index (χ1v) is 9.99. The Balaban J connectivity index is 1.78. The molecule has 138 valence electrons. The molecule has 1 aliphatic heterocycles. The number of methoxy groups -OCH3 is 1. The minimum Gasteiger partial charge on any atom is -0.494 e. The van der Waals surface area contributed by atoms with Gasteiger partial charge in [-0.2, -0.15) is 4.98 Å². The molecule has 0 saturated carbocycles. The third kappa shape index (κ3) is 3.05. The van der Waals surface area contributed by atoms with E-state index >= 15 is 0 Å². The smallest absolute Gasteiger partial charge is 0.298 e. The number of aromatic nitrogens is 2. The fourth-order valence-corrected chi connectivity index (χ4v) is 4.15. The molecule has 2 unspecified atom stereocenters. The van der Waals surface area contributed by atoms with Gasteiger partial charge < -0.3 is 19.4 Å². The number of anilines is 1. The average molecular weight is 372 g/mol. The quantitative estimate of drug-likeness (QED) is 0.732. The first-order chi connectivity index (χ1) is 12.7. The molecule has 4 rings (SSSR count). The van der Waals surface area contributed by atoms with Crippen LogP contribution in [0.4, 0.5) is 6.01 Å². The Morgan fingerprint density at radius 3 is 2.65 bits per heavy atom. The van der Waals surface area contributed by atoms with Crippen molar-refractivity contribution in [2.45, 2.75) is 38.8 Å². The van der Waals surface area contributed by atoms with Crippen LogP contribution in [-0.2, 0) is 0 Å². The first kappa shape index (κ1) is 17.3. The maximum Gasteiger partial charge on any atom is 0.298 e. The highest BCUT2D eigenvalue weighted by Gasteiger charge is 2.28. The van der Waals surface area contributed by atoms with E-state index < -0.39 is 0 Å². The molecule has 0 aliphatic carbocycles. The number of hydrogen-bond donors (Lipinski definition) is 1. The van der Waals surface area contributed by atoms with Crippen molar-refractivity contribution in [3.05, 3.63) is 23.7 Å². The van der Waals surface area contributed by atoms with Gasteiger partial charge in [-0.05, 0) is 25.0 Å². The summed E-state index contributed by atoms with van der Waals surface area (Å²) in [6.07, 6.45) is 3.98. The maximum atomic E-state index is 6.26. The first-order valence-electron chi connectivity index (χ1n) is 9.11. The van der Waals surface area contributed by atoms with Crippen molar-refractivity contribution in [3.63, 3.8) is 0 Å². The molecule has 1 fully saturated rings. The van der Waals surface area contributed by atoms with Gasteiger partial charge in [0.05, 0.1) is 12.7 Å². The predicted molar refractivity (Wildman–Crippen MR) is 105 cm³/mol. The lowest BCUT2D eigenvalue weighted by molar-refractivity contribution is 0.344. The van der Waals surface area contributed by atoms with Gasteiger partial charge in [0, 0.05) is 36.8 Å². The van der Waals surface area contributed by atoms with Gasteiger partial charge in [0.2, 0.25) is 0 Å². The van der Waals surface area contributed by atoms with Gasteiger partial charge in [-0.1, -0.05) is 13.8 Å². The van der Waals surface area contributed by atoms with Crippen LogP contribution in [0.25, 0.3) is 21.7 Å². The Morgan fingerprint density at radius 2 is 2.04 bits per heavy atom. The van der Waals surface area contributed by atoms with Gasteiger partial charge in [0.25, 0.3) is 6.01 Å². The normalized spacial score (nSPS) is 20.7. The number of thiazole rings is 1. The van der Waals surface area contributed by atoms with Crippen LogP contribution in [0.1, 0.15) is 26.7 Å². The van der Waals surface area contributed by atoms with Crippen molar-refractivity contribution in [1.29, 1.82) is 0 Å². The van der Waals surface area contributed by atoms with E-state index in [9.17, 15) is 0 Å². The third-order valence-corrected chi connectivity index (χ3v) is 5.79. The molecule has 1 saturated heterocycles. The Hall–Kier alpha value is -2.12. The number of rotatable bonds is 5. The van der Waals surface area contributed by atoms with E-state index in [0.717, 1.165) is 53.4 Å². The number of nitrogens with zero attached hydrogens (tertiary/aromatic N) is 3. The van der Waals surface area contributed by atoms with Gasteiger partial charge in [-0.15, -0.1) is 11.3 Å². The fraction of sp³-hybridized carbons (Fsp3) is 0.474. The number of oxazole rings is 1. The summed E-state index contributed by atoms with van der Waals surface area (Å²) < 4.78 is 11.8. The van der Waals surface area contributed by atoms with Crippen LogP contribution in [0.15, 0.2) is 28.1 Å². The van der Waals surface area contributed by atoms with E-state index in [1.165, 1.54) is 0 Å². The van der Waals surface area contributed by atoms with Crippen LogP contribution in [0, 0.1) is 0 Å². The molecule has 0 bridgehead atoms. The summed E-state index contributed by atoms with van der Waals surface area (Å²) in [5.74, 6) is 0.726. The van der Waals surface area contributed by atoms with Crippen LogP contribution < -0.4 is 15.0 Å². The van der Waals surface area contributed by atoms with Gasteiger partial charge in [-0.3, -0.25) is 0 Å². The summed E-state index contributed by atoms with van der Waals surface area (Å²) >= 11 is 1.59.